The summed E-state index contributed by atoms with van der Waals surface area (Å²) in [6, 6.07) is 1.93. The van der Waals surface area contributed by atoms with E-state index in [-0.39, 0.29) is 13.2 Å². The molecule has 0 aromatic heterocycles. The predicted molar refractivity (Wildman–Crippen MR) is 56.6 cm³/mol. The van der Waals surface area contributed by atoms with Gasteiger partial charge in [-0.15, -0.1) is 0 Å². The molecule has 0 aliphatic heterocycles. The third-order valence-electron chi connectivity index (χ3n) is 2.10. The highest BCUT2D eigenvalue weighted by atomic mass is 19.1. The van der Waals surface area contributed by atoms with E-state index in [1.807, 2.05) is 0 Å². The SMILES string of the molecule is COCC(CO)NC(=O)c1cc(F)ccc1F. The lowest BCUT2D eigenvalue weighted by atomic mass is 10.2. The van der Waals surface area contributed by atoms with Crippen molar-refractivity contribution in [2.45, 2.75) is 6.04 Å². The molecule has 0 saturated heterocycles. The first-order chi connectivity index (χ1) is 8.08. The maximum atomic E-state index is 13.2. The Morgan fingerprint density at radius 3 is 2.82 bits per heavy atom. The highest BCUT2D eigenvalue weighted by Gasteiger charge is 2.16. The van der Waals surface area contributed by atoms with Crippen LogP contribution >= 0.6 is 0 Å². The second-order valence-electron chi connectivity index (χ2n) is 3.43. The van der Waals surface area contributed by atoms with Crippen LogP contribution in [0.25, 0.3) is 0 Å². The van der Waals surface area contributed by atoms with E-state index in [4.69, 9.17) is 9.84 Å². The van der Waals surface area contributed by atoms with Gasteiger partial charge in [0.15, 0.2) is 0 Å². The maximum Gasteiger partial charge on any atom is 0.254 e. The smallest absolute Gasteiger partial charge is 0.254 e. The van der Waals surface area contributed by atoms with Crippen LogP contribution in [0.15, 0.2) is 18.2 Å². The number of halogens is 2. The molecule has 0 aliphatic rings. The monoisotopic (exact) mass is 245 g/mol. The number of rotatable bonds is 5. The quantitative estimate of drug-likeness (QED) is 0.803. The Bertz CT molecular complexity index is 398. The van der Waals surface area contributed by atoms with Crippen LogP contribution in [0.3, 0.4) is 0 Å². The summed E-state index contributed by atoms with van der Waals surface area (Å²) in [5.74, 6) is -2.32. The van der Waals surface area contributed by atoms with Crippen LogP contribution in [0.1, 0.15) is 10.4 Å². The summed E-state index contributed by atoms with van der Waals surface area (Å²) in [4.78, 5) is 11.6. The minimum absolute atomic E-state index is 0.0825. The minimum Gasteiger partial charge on any atom is -0.394 e. The van der Waals surface area contributed by atoms with Crippen LogP contribution in [0.2, 0.25) is 0 Å². The molecule has 0 bridgehead atoms. The van der Waals surface area contributed by atoms with Crippen molar-refractivity contribution in [1.82, 2.24) is 5.32 Å². The van der Waals surface area contributed by atoms with E-state index >= 15 is 0 Å². The third-order valence-corrected chi connectivity index (χ3v) is 2.10. The van der Waals surface area contributed by atoms with E-state index in [9.17, 15) is 13.6 Å². The summed E-state index contributed by atoms with van der Waals surface area (Å²) >= 11 is 0. The molecule has 94 valence electrons. The average molecular weight is 245 g/mol. The molecule has 0 spiro atoms. The summed E-state index contributed by atoms with van der Waals surface area (Å²) in [6.45, 7) is -0.268. The van der Waals surface area contributed by atoms with E-state index < -0.39 is 29.1 Å². The van der Waals surface area contributed by atoms with Crippen LogP contribution in [0.5, 0.6) is 0 Å². The van der Waals surface area contributed by atoms with Crippen LogP contribution in [0, 0.1) is 11.6 Å². The Morgan fingerprint density at radius 2 is 2.24 bits per heavy atom. The summed E-state index contributed by atoms with van der Waals surface area (Å²) in [7, 11) is 1.40. The molecular weight excluding hydrogens is 232 g/mol. The van der Waals surface area contributed by atoms with Crippen LogP contribution in [-0.2, 0) is 4.74 Å². The predicted octanol–water partition coefficient (Wildman–Crippen LogP) is 0.702. The summed E-state index contributed by atoms with van der Waals surface area (Å²) < 4.78 is 30.8. The van der Waals surface area contributed by atoms with Crippen molar-refractivity contribution in [3.63, 3.8) is 0 Å². The van der Waals surface area contributed by atoms with Gasteiger partial charge < -0.3 is 15.2 Å². The molecule has 1 aromatic carbocycles. The van der Waals surface area contributed by atoms with Crippen molar-refractivity contribution in [2.75, 3.05) is 20.3 Å². The highest BCUT2D eigenvalue weighted by molar-refractivity contribution is 5.94. The van der Waals surface area contributed by atoms with Crippen LogP contribution in [0.4, 0.5) is 8.78 Å². The van der Waals surface area contributed by atoms with Crippen molar-refractivity contribution in [2.24, 2.45) is 0 Å². The molecule has 4 nitrogen and oxygen atoms in total. The highest BCUT2D eigenvalue weighted by Crippen LogP contribution is 2.09. The molecule has 1 aromatic rings. The number of ether oxygens (including phenoxy) is 1. The molecule has 6 heteroatoms. The lowest BCUT2D eigenvalue weighted by Crippen LogP contribution is -2.41. The first-order valence-electron chi connectivity index (χ1n) is 4.94. The molecule has 1 amide bonds. The van der Waals surface area contributed by atoms with Crippen LogP contribution < -0.4 is 5.32 Å². The molecule has 1 unspecified atom stereocenters. The van der Waals surface area contributed by atoms with Gasteiger partial charge in [0, 0.05) is 7.11 Å². The molecule has 0 fully saturated rings. The number of hydrogen-bond acceptors (Lipinski definition) is 3. The fourth-order valence-electron chi connectivity index (χ4n) is 1.28. The van der Waals surface area contributed by atoms with Crippen molar-refractivity contribution in [1.29, 1.82) is 0 Å². The Morgan fingerprint density at radius 1 is 1.53 bits per heavy atom. The van der Waals surface area contributed by atoms with Gasteiger partial charge in [-0.3, -0.25) is 4.79 Å². The zero-order chi connectivity index (χ0) is 12.8. The lowest BCUT2D eigenvalue weighted by Gasteiger charge is -2.15. The molecule has 0 radical (unpaired) electrons. The van der Waals surface area contributed by atoms with Gasteiger partial charge in [-0.05, 0) is 18.2 Å². The minimum atomic E-state index is -0.821. The number of aliphatic hydroxyl groups excluding tert-OH is 1. The molecule has 0 saturated carbocycles. The number of carbonyl (C=O) groups excluding carboxylic acids is 1. The van der Waals surface area contributed by atoms with Gasteiger partial charge in [-0.2, -0.15) is 0 Å². The average Bonchev–Trinajstić information content (AvgIpc) is 2.31. The van der Waals surface area contributed by atoms with E-state index in [1.165, 1.54) is 7.11 Å². The van der Waals surface area contributed by atoms with Crippen molar-refractivity contribution in [3.8, 4) is 0 Å². The normalized spacial score (nSPS) is 12.2. The number of benzene rings is 1. The van der Waals surface area contributed by atoms with Crippen molar-refractivity contribution >= 4 is 5.91 Å². The van der Waals surface area contributed by atoms with Gasteiger partial charge in [0.1, 0.15) is 11.6 Å². The number of nitrogens with one attached hydrogen (secondary N) is 1. The second-order valence-corrected chi connectivity index (χ2v) is 3.43. The Labute approximate surface area is 97.2 Å². The topological polar surface area (TPSA) is 58.6 Å². The summed E-state index contributed by atoms with van der Waals surface area (Å²) in [5.41, 5.74) is -0.403. The molecule has 0 heterocycles. The largest absolute Gasteiger partial charge is 0.394 e. The van der Waals surface area contributed by atoms with Gasteiger partial charge in [0.2, 0.25) is 0 Å². The van der Waals surface area contributed by atoms with Crippen molar-refractivity contribution in [3.05, 3.63) is 35.4 Å². The molecular formula is C11H13F2NO3. The van der Waals surface area contributed by atoms with E-state index in [0.29, 0.717) is 0 Å². The number of hydrogen-bond donors (Lipinski definition) is 2. The summed E-state index contributed by atoms with van der Waals surface area (Å²) in [5, 5.41) is 11.2. The molecule has 1 rings (SSSR count). The Hall–Kier alpha value is -1.53. The third kappa shape index (κ3) is 3.76. The molecule has 0 aliphatic carbocycles. The van der Waals surface area contributed by atoms with Gasteiger partial charge >= 0.3 is 0 Å². The zero-order valence-corrected chi connectivity index (χ0v) is 9.24. The summed E-state index contributed by atoms with van der Waals surface area (Å²) in [6.07, 6.45) is 0. The Balaban J connectivity index is 2.78. The van der Waals surface area contributed by atoms with E-state index in [2.05, 4.69) is 5.32 Å². The lowest BCUT2D eigenvalue weighted by molar-refractivity contribution is 0.0835. The van der Waals surface area contributed by atoms with Gasteiger partial charge in [-0.25, -0.2) is 8.78 Å². The number of aliphatic hydroxyl groups is 1. The van der Waals surface area contributed by atoms with Crippen molar-refractivity contribution < 1.29 is 23.4 Å². The molecule has 17 heavy (non-hydrogen) atoms. The molecule has 1 atom stereocenters. The fraction of sp³-hybridized carbons (Fsp3) is 0.364. The number of amides is 1. The first kappa shape index (κ1) is 13.5. The van der Waals surface area contributed by atoms with E-state index in [1.54, 1.807) is 0 Å². The standard InChI is InChI=1S/C11H13F2NO3/c1-17-6-8(5-15)14-11(16)9-4-7(12)2-3-10(9)13/h2-4,8,15H,5-6H2,1H3,(H,14,16). The van der Waals surface area contributed by atoms with E-state index in [0.717, 1.165) is 18.2 Å². The van der Waals surface area contributed by atoms with Gasteiger partial charge in [0.25, 0.3) is 5.91 Å². The second kappa shape index (κ2) is 6.27. The maximum absolute atomic E-state index is 13.2. The molecule has 2 N–H and O–H groups in total. The number of methoxy groups -OCH3 is 1. The number of carbonyl (C=O) groups is 1. The first-order valence-corrected chi connectivity index (χ1v) is 4.94. The van der Waals surface area contributed by atoms with Gasteiger partial charge in [0.05, 0.1) is 24.8 Å². The van der Waals surface area contributed by atoms with Crippen LogP contribution in [-0.4, -0.2) is 37.4 Å². The van der Waals surface area contributed by atoms with Gasteiger partial charge in [-0.1, -0.05) is 0 Å². The zero-order valence-electron chi connectivity index (χ0n) is 9.24. The Kier molecular flexibility index (Phi) is 4.99. The fourth-order valence-corrected chi connectivity index (χ4v) is 1.28.